The second-order valence-electron chi connectivity index (χ2n) is 4.87. The number of rotatable bonds is 5. The maximum absolute atomic E-state index is 8.76. The summed E-state index contributed by atoms with van der Waals surface area (Å²) in [6, 6.07) is 8.47. The first kappa shape index (κ1) is 12.4. The van der Waals surface area contributed by atoms with Crippen LogP contribution in [-0.4, -0.2) is 6.61 Å². The molecule has 0 saturated heterocycles. The van der Waals surface area contributed by atoms with E-state index in [9.17, 15) is 0 Å². The number of aryl methyl sites for hydroxylation is 1. The molecule has 1 aromatic rings. The first-order valence-electron chi connectivity index (χ1n) is 5.84. The lowest BCUT2D eigenvalue weighted by Gasteiger charge is -2.15. The van der Waals surface area contributed by atoms with E-state index in [1.54, 1.807) is 0 Å². The van der Waals surface area contributed by atoms with Crippen molar-refractivity contribution in [3.63, 3.8) is 0 Å². The summed E-state index contributed by atoms with van der Waals surface area (Å²) in [6.45, 7) is 2.75. The Morgan fingerprint density at radius 3 is 2.82 bits per heavy atom. The van der Waals surface area contributed by atoms with E-state index in [1.807, 2.05) is 6.07 Å². The van der Waals surface area contributed by atoms with Crippen LogP contribution < -0.4 is 4.74 Å². The summed E-state index contributed by atoms with van der Waals surface area (Å²) in [4.78, 5) is 0. The van der Waals surface area contributed by atoms with Gasteiger partial charge in [0.25, 0.3) is 0 Å². The minimum absolute atomic E-state index is 0.142. The van der Waals surface area contributed by atoms with Gasteiger partial charge in [0.15, 0.2) is 0 Å². The quantitative estimate of drug-likeness (QED) is 0.770. The van der Waals surface area contributed by atoms with Crippen LogP contribution in [0.2, 0.25) is 0 Å². The van der Waals surface area contributed by atoms with Gasteiger partial charge in [0.1, 0.15) is 5.75 Å². The highest BCUT2D eigenvalue weighted by Gasteiger charge is 2.43. The van der Waals surface area contributed by atoms with Gasteiger partial charge in [-0.25, -0.2) is 0 Å². The third-order valence-corrected chi connectivity index (χ3v) is 3.91. The first-order chi connectivity index (χ1) is 8.19. The molecule has 0 N–H and O–H groups in total. The molecule has 0 bridgehead atoms. The van der Waals surface area contributed by atoms with Crippen molar-refractivity contribution in [2.45, 2.75) is 31.5 Å². The smallest absolute Gasteiger partial charge is 0.123 e. The maximum Gasteiger partial charge on any atom is 0.123 e. The van der Waals surface area contributed by atoms with Gasteiger partial charge in [0, 0.05) is 22.7 Å². The van der Waals surface area contributed by atoms with Crippen LogP contribution in [0.4, 0.5) is 0 Å². The zero-order chi connectivity index (χ0) is 12.3. The number of nitriles is 1. The van der Waals surface area contributed by atoms with E-state index in [-0.39, 0.29) is 5.41 Å². The van der Waals surface area contributed by atoms with Gasteiger partial charge in [-0.05, 0) is 25.8 Å². The van der Waals surface area contributed by atoms with Crippen LogP contribution in [0, 0.1) is 23.7 Å². The molecular formula is C14H16BrNO. The van der Waals surface area contributed by atoms with Gasteiger partial charge in [-0.15, -0.1) is 0 Å². The number of ether oxygens (including phenoxy) is 1. The highest BCUT2D eigenvalue weighted by atomic mass is 79.9. The van der Waals surface area contributed by atoms with E-state index in [4.69, 9.17) is 10.00 Å². The molecule has 0 amide bonds. The van der Waals surface area contributed by atoms with Crippen molar-refractivity contribution in [1.82, 2.24) is 0 Å². The lowest BCUT2D eigenvalue weighted by molar-refractivity contribution is 0.235. The Bertz CT molecular complexity index is 446. The normalized spacial score (nSPS) is 16.3. The molecule has 2 nitrogen and oxygen atoms in total. The Morgan fingerprint density at radius 2 is 2.24 bits per heavy atom. The van der Waals surface area contributed by atoms with Gasteiger partial charge in [-0.2, -0.15) is 5.26 Å². The summed E-state index contributed by atoms with van der Waals surface area (Å²) in [7, 11) is 0. The summed E-state index contributed by atoms with van der Waals surface area (Å²) in [5.41, 5.74) is 2.56. The number of hydrogen-bond acceptors (Lipinski definition) is 2. The summed E-state index contributed by atoms with van der Waals surface area (Å²) in [5.74, 6) is 0.941. The van der Waals surface area contributed by atoms with E-state index in [0.717, 1.165) is 23.9 Å². The van der Waals surface area contributed by atoms with Gasteiger partial charge >= 0.3 is 0 Å². The fourth-order valence-electron chi connectivity index (χ4n) is 1.90. The van der Waals surface area contributed by atoms with Crippen LogP contribution in [0.15, 0.2) is 18.2 Å². The molecule has 90 valence electrons. The Morgan fingerprint density at radius 1 is 1.47 bits per heavy atom. The Kier molecular flexibility index (Phi) is 3.73. The molecule has 3 heteroatoms. The van der Waals surface area contributed by atoms with Gasteiger partial charge in [-0.3, -0.25) is 0 Å². The van der Waals surface area contributed by atoms with Crippen LogP contribution in [0.3, 0.4) is 0 Å². The third kappa shape index (κ3) is 3.01. The number of halogens is 1. The van der Waals surface area contributed by atoms with Crippen molar-refractivity contribution < 1.29 is 4.74 Å². The van der Waals surface area contributed by atoms with E-state index < -0.39 is 0 Å². The van der Waals surface area contributed by atoms with Crippen molar-refractivity contribution in [3.8, 4) is 11.8 Å². The molecule has 17 heavy (non-hydrogen) atoms. The molecule has 0 radical (unpaired) electrons. The fourth-order valence-corrected chi connectivity index (χ4v) is 2.34. The molecule has 0 aliphatic heterocycles. The van der Waals surface area contributed by atoms with Crippen molar-refractivity contribution in [2.75, 3.05) is 6.61 Å². The van der Waals surface area contributed by atoms with E-state index >= 15 is 0 Å². The van der Waals surface area contributed by atoms with Crippen molar-refractivity contribution in [3.05, 3.63) is 29.3 Å². The molecule has 0 aromatic heterocycles. The Balaban J connectivity index is 2.02. The average Bonchev–Trinajstić information content (AvgIpc) is 3.08. The molecular weight excluding hydrogens is 278 g/mol. The van der Waals surface area contributed by atoms with E-state index in [0.29, 0.717) is 13.0 Å². The lowest BCUT2D eigenvalue weighted by Crippen LogP contribution is -2.13. The fraction of sp³-hybridized carbons (Fsp3) is 0.500. The summed E-state index contributed by atoms with van der Waals surface area (Å²) in [6.07, 6.45) is 2.86. The third-order valence-electron chi connectivity index (χ3n) is 3.30. The first-order valence-corrected chi connectivity index (χ1v) is 6.96. The highest BCUT2D eigenvalue weighted by Crippen LogP contribution is 2.48. The second kappa shape index (κ2) is 5.10. The summed E-state index contributed by atoms with van der Waals surface area (Å²) >= 11 is 3.48. The number of benzene rings is 1. The minimum atomic E-state index is 0.142. The zero-order valence-electron chi connectivity index (χ0n) is 10.0. The molecule has 0 spiro atoms. The molecule has 1 saturated carbocycles. The topological polar surface area (TPSA) is 33.0 Å². The largest absolute Gasteiger partial charge is 0.493 e. The molecule has 1 aliphatic rings. The SMILES string of the molecule is Cc1ccc(OCC2(CC#N)CC2)c(CBr)c1. The van der Waals surface area contributed by atoms with Crippen LogP contribution in [-0.2, 0) is 5.33 Å². The summed E-state index contributed by atoms with van der Waals surface area (Å²) < 4.78 is 5.88. The maximum atomic E-state index is 8.76. The highest BCUT2D eigenvalue weighted by molar-refractivity contribution is 9.08. The molecule has 2 rings (SSSR count). The summed E-state index contributed by atoms with van der Waals surface area (Å²) in [5, 5.41) is 9.56. The van der Waals surface area contributed by atoms with Gasteiger partial charge in [0.2, 0.25) is 0 Å². The van der Waals surface area contributed by atoms with Crippen LogP contribution >= 0.6 is 15.9 Å². The Hall–Kier alpha value is -1.01. The molecule has 0 heterocycles. The van der Waals surface area contributed by atoms with Gasteiger partial charge < -0.3 is 4.74 Å². The monoisotopic (exact) mass is 293 g/mol. The predicted octanol–water partition coefficient (Wildman–Crippen LogP) is 3.96. The standard InChI is InChI=1S/C14H16BrNO/c1-11-2-3-13(12(8-11)9-15)17-10-14(4-5-14)6-7-16/h2-3,8H,4-6,9-10H2,1H3. The molecule has 1 aliphatic carbocycles. The van der Waals surface area contributed by atoms with Crippen LogP contribution in [0.1, 0.15) is 30.4 Å². The molecule has 1 fully saturated rings. The molecule has 1 aromatic carbocycles. The van der Waals surface area contributed by atoms with Crippen molar-refractivity contribution >= 4 is 15.9 Å². The van der Waals surface area contributed by atoms with E-state index in [2.05, 4.69) is 41.1 Å². The van der Waals surface area contributed by atoms with Crippen molar-refractivity contribution in [2.24, 2.45) is 5.41 Å². The lowest BCUT2D eigenvalue weighted by atomic mass is 10.1. The van der Waals surface area contributed by atoms with Crippen LogP contribution in [0.25, 0.3) is 0 Å². The predicted molar refractivity (Wildman–Crippen MR) is 71.2 cm³/mol. The van der Waals surface area contributed by atoms with Crippen LogP contribution in [0.5, 0.6) is 5.75 Å². The number of hydrogen-bond donors (Lipinski definition) is 0. The van der Waals surface area contributed by atoms with E-state index in [1.165, 1.54) is 11.1 Å². The molecule has 0 unspecified atom stereocenters. The average molecular weight is 294 g/mol. The number of nitrogens with zero attached hydrogens (tertiary/aromatic N) is 1. The number of alkyl halides is 1. The van der Waals surface area contributed by atoms with Crippen molar-refractivity contribution in [1.29, 1.82) is 5.26 Å². The zero-order valence-corrected chi connectivity index (χ0v) is 11.6. The van der Waals surface area contributed by atoms with Gasteiger partial charge in [0.05, 0.1) is 12.7 Å². The minimum Gasteiger partial charge on any atom is -0.493 e. The Labute approximate surface area is 111 Å². The van der Waals surface area contributed by atoms with Gasteiger partial charge in [-0.1, -0.05) is 33.6 Å². The molecule has 0 atom stereocenters. The second-order valence-corrected chi connectivity index (χ2v) is 5.43.